The van der Waals surface area contributed by atoms with Gasteiger partial charge in [0.25, 0.3) is 11.5 Å². The van der Waals surface area contributed by atoms with Gasteiger partial charge in [-0.3, -0.25) is 23.9 Å². The molecule has 5 aromatic rings. The zero-order chi connectivity index (χ0) is 34.4. The van der Waals surface area contributed by atoms with Crippen molar-refractivity contribution in [1.82, 2.24) is 34.3 Å². The van der Waals surface area contributed by atoms with Crippen molar-refractivity contribution in [3.05, 3.63) is 106 Å². The molecule has 12 nitrogen and oxygen atoms in total. The third-order valence-electron chi connectivity index (χ3n) is 9.36. The third kappa shape index (κ3) is 8.27. The topological polar surface area (TPSA) is 151 Å². The summed E-state index contributed by atoms with van der Waals surface area (Å²) in [5.74, 6) is -0.0815. The minimum atomic E-state index is -1.09. The maximum absolute atomic E-state index is 13.3. The summed E-state index contributed by atoms with van der Waals surface area (Å²) in [7, 11) is 0. The lowest BCUT2D eigenvalue weighted by molar-refractivity contribution is -0.141. The van der Waals surface area contributed by atoms with E-state index >= 15 is 0 Å². The second-order valence-corrected chi connectivity index (χ2v) is 13.2. The molecule has 256 valence electrons. The summed E-state index contributed by atoms with van der Waals surface area (Å²) >= 11 is 6.20. The van der Waals surface area contributed by atoms with E-state index in [1.165, 1.54) is 15.4 Å². The Labute approximate surface area is 289 Å². The molecule has 0 unspecified atom stereocenters. The highest BCUT2D eigenvalue weighted by Crippen LogP contribution is 2.27. The number of nitrogen functional groups attached to an aromatic ring is 1. The monoisotopic (exact) mass is 684 g/mol. The highest BCUT2D eigenvalue weighted by Gasteiger charge is 2.37. The summed E-state index contributed by atoms with van der Waals surface area (Å²) in [5.41, 5.74) is 6.45. The molecule has 49 heavy (non-hydrogen) atoms. The molecule has 2 fully saturated rings. The lowest BCUT2D eigenvalue weighted by Gasteiger charge is -2.40. The quantitative estimate of drug-likeness (QED) is 0.236. The van der Waals surface area contributed by atoms with Crippen LogP contribution in [0, 0.1) is 5.92 Å². The Morgan fingerprint density at radius 1 is 1.00 bits per heavy atom. The predicted octanol–water partition coefficient (Wildman–Crippen LogP) is 3.46. The van der Waals surface area contributed by atoms with Crippen molar-refractivity contribution in [2.24, 2.45) is 5.92 Å². The molecule has 13 heteroatoms. The molecular formula is C36H41ClN8O4. The zero-order valence-corrected chi connectivity index (χ0v) is 28.0. The lowest BCUT2D eigenvalue weighted by Crippen LogP contribution is -2.52. The first kappa shape index (κ1) is 34.1. The van der Waals surface area contributed by atoms with Crippen LogP contribution < -0.4 is 16.6 Å². The molecule has 0 aliphatic carbocycles. The van der Waals surface area contributed by atoms with Gasteiger partial charge in [0.1, 0.15) is 11.8 Å². The molecule has 4 N–H and O–H groups in total. The van der Waals surface area contributed by atoms with E-state index in [4.69, 9.17) is 17.3 Å². The number of pyridine rings is 1. The van der Waals surface area contributed by atoms with E-state index in [0.29, 0.717) is 66.3 Å². The van der Waals surface area contributed by atoms with Crippen LogP contribution >= 0.6 is 11.6 Å². The molecule has 0 radical (unpaired) electrons. The van der Waals surface area contributed by atoms with Crippen molar-refractivity contribution in [1.29, 1.82) is 0 Å². The van der Waals surface area contributed by atoms with Crippen LogP contribution in [0.3, 0.4) is 0 Å². The molecule has 2 aliphatic rings. The van der Waals surface area contributed by atoms with Gasteiger partial charge in [0.05, 0.1) is 34.6 Å². The SMILES string of the molecule is Nc1cc2c(=O)n(CC3(O)CCN(C(=O)C4CCN(CCNC(=O)c5ccc6c(Cl)ccnc6c5)CC4)CC3)cnn2c1.c1ccccc1. The Morgan fingerprint density at radius 2 is 1.69 bits per heavy atom. The highest BCUT2D eigenvalue weighted by molar-refractivity contribution is 6.35. The van der Waals surface area contributed by atoms with Crippen LogP contribution in [-0.2, 0) is 11.3 Å². The van der Waals surface area contributed by atoms with Crippen LogP contribution in [-0.4, -0.2) is 90.8 Å². The van der Waals surface area contributed by atoms with Crippen LogP contribution in [0.5, 0.6) is 0 Å². The number of anilines is 1. The Morgan fingerprint density at radius 3 is 2.39 bits per heavy atom. The van der Waals surface area contributed by atoms with Crippen LogP contribution in [0.1, 0.15) is 36.0 Å². The van der Waals surface area contributed by atoms with Crippen LogP contribution in [0.2, 0.25) is 5.02 Å². The molecule has 0 bridgehead atoms. The third-order valence-corrected chi connectivity index (χ3v) is 9.69. The van der Waals surface area contributed by atoms with Gasteiger partial charge in [0.15, 0.2) is 0 Å². The van der Waals surface area contributed by atoms with E-state index in [1.54, 1.807) is 36.7 Å². The van der Waals surface area contributed by atoms with Gasteiger partial charge in [0, 0.05) is 49.2 Å². The number of rotatable bonds is 7. The maximum atomic E-state index is 13.3. The number of amides is 2. The van der Waals surface area contributed by atoms with Gasteiger partial charge >= 0.3 is 0 Å². The minimum absolute atomic E-state index is 0.0528. The summed E-state index contributed by atoms with van der Waals surface area (Å²) in [6, 6.07) is 20.6. The molecule has 7 rings (SSSR count). The van der Waals surface area contributed by atoms with E-state index in [2.05, 4.69) is 20.3 Å². The van der Waals surface area contributed by atoms with Crippen LogP contribution in [0.4, 0.5) is 5.69 Å². The van der Waals surface area contributed by atoms with Crippen molar-refractivity contribution in [2.45, 2.75) is 37.8 Å². The molecule has 2 aliphatic heterocycles. The number of halogens is 1. The number of hydrogen-bond donors (Lipinski definition) is 3. The number of benzene rings is 2. The Hall–Kier alpha value is -4.78. The summed E-state index contributed by atoms with van der Waals surface area (Å²) in [6.45, 7) is 3.78. The molecule has 0 spiro atoms. The van der Waals surface area contributed by atoms with Crippen molar-refractivity contribution in [3.8, 4) is 0 Å². The number of carbonyl (C=O) groups excluding carboxylic acids is 2. The molecule has 3 aromatic heterocycles. The summed E-state index contributed by atoms with van der Waals surface area (Å²) in [6.07, 6.45) is 6.90. The van der Waals surface area contributed by atoms with Crippen molar-refractivity contribution >= 4 is 45.5 Å². The molecule has 5 heterocycles. The second kappa shape index (κ2) is 15.2. The van der Waals surface area contributed by atoms with E-state index in [9.17, 15) is 19.5 Å². The number of nitrogens with zero attached hydrogens (tertiary/aromatic N) is 6. The van der Waals surface area contributed by atoms with Gasteiger partial charge in [0.2, 0.25) is 5.91 Å². The number of likely N-dealkylation sites (tertiary alicyclic amines) is 2. The first-order valence-corrected chi connectivity index (χ1v) is 17.0. The molecule has 0 saturated carbocycles. The van der Waals surface area contributed by atoms with Crippen LogP contribution in [0.15, 0.2) is 90.2 Å². The predicted molar refractivity (Wildman–Crippen MR) is 189 cm³/mol. The number of carbonyl (C=O) groups is 2. The van der Waals surface area contributed by atoms with E-state index in [1.807, 2.05) is 47.4 Å². The van der Waals surface area contributed by atoms with Crippen molar-refractivity contribution in [2.75, 3.05) is 45.0 Å². The Kier molecular flexibility index (Phi) is 10.6. The largest absolute Gasteiger partial charge is 0.397 e. The fourth-order valence-electron chi connectivity index (χ4n) is 6.51. The first-order valence-electron chi connectivity index (χ1n) is 16.6. The number of aliphatic hydroxyl groups is 1. The van der Waals surface area contributed by atoms with E-state index in [-0.39, 0.29) is 29.8 Å². The van der Waals surface area contributed by atoms with E-state index < -0.39 is 5.60 Å². The smallest absolute Gasteiger partial charge is 0.277 e. The number of nitrogens with two attached hydrogens (primary N) is 1. The first-order chi connectivity index (χ1) is 23.7. The Bertz CT molecular complexity index is 1940. The summed E-state index contributed by atoms with van der Waals surface area (Å²) < 4.78 is 2.85. The normalized spacial score (nSPS) is 16.7. The van der Waals surface area contributed by atoms with Gasteiger partial charge in [-0.15, -0.1) is 0 Å². The standard InChI is InChI=1S/C30H35ClN8O4.C6H6/c31-24-3-8-33-25-15-21(1-2-23(24)25)27(40)34-9-14-36-10-4-20(5-11-36)28(41)37-12-6-30(43,7-13-37)18-38-19-35-39-17-22(32)16-26(39)29(38)42;1-2-4-6-5-3-1/h1-3,8,15-17,19-20,43H,4-7,9-14,18,32H2,(H,34,40);1-6H. The molecule has 2 aromatic carbocycles. The Balaban J connectivity index is 0.000000628. The fourth-order valence-corrected chi connectivity index (χ4v) is 6.72. The summed E-state index contributed by atoms with van der Waals surface area (Å²) in [4.78, 5) is 47.2. The average Bonchev–Trinajstić information content (AvgIpc) is 3.52. The molecule has 2 amide bonds. The number of hydrogen-bond acceptors (Lipinski definition) is 8. The fraction of sp³-hybridized carbons (Fsp3) is 0.361. The lowest BCUT2D eigenvalue weighted by atomic mass is 9.89. The van der Waals surface area contributed by atoms with Gasteiger partial charge in [-0.2, -0.15) is 5.10 Å². The van der Waals surface area contributed by atoms with Crippen molar-refractivity contribution < 1.29 is 14.7 Å². The van der Waals surface area contributed by atoms with Gasteiger partial charge < -0.3 is 26.0 Å². The molecule has 2 saturated heterocycles. The number of fused-ring (bicyclic) bond motifs is 2. The van der Waals surface area contributed by atoms with Gasteiger partial charge in [-0.25, -0.2) is 4.52 Å². The van der Waals surface area contributed by atoms with E-state index in [0.717, 1.165) is 31.3 Å². The number of aromatic nitrogens is 4. The van der Waals surface area contributed by atoms with Crippen LogP contribution in [0.25, 0.3) is 16.4 Å². The molecule has 0 atom stereocenters. The maximum Gasteiger partial charge on any atom is 0.277 e. The number of nitrogens with one attached hydrogen (secondary N) is 1. The zero-order valence-electron chi connectivity index (χ0n) is 27.2. The highest BCUT2D eigenvalue weighted by atomic mass is 35.5. The second-order valence-electron chi connectivity index (χ2n) is 12.8. The van der Waals surface area contributed by atoms with Gasteiger partial charge in [-0.05, 0) is 63.0 Å². The minimum Gasteiger partial charge on any atom is -0.397 e. The summed E-state index contributed by atoms with van der Waals surface area (Å²) in [5, 5.41) is 19.8. The average molecular weight is 685 g/mol. The molecular weight excluding hydrogens is 644 g/mol. The number of piperidine rings is 2. The van der Waals surface area contributed by atoms with Crippen molar-refractivity contribution in [3.63, 3.8) is 0 Å². The van der Waals surface area contributed by atoms with Gasteiger partial charge in [-0.1, -0.05) is 54.1 Å².